The average Bonchev–Trinajstić information content (AvgIpc) is 2.58. The number of piperidine rings is 1. The van der Waals surface area contributed by atoms with E-state index in [4.69, 9.17) is 10.5 Å². The van der Waals surface area contributed by atoms with Crippen molar-refractivity contribution in [3.05, 3.63) is 30.3 Å². The van der Waals surface area contributed by atoms with Gasteiger partial charge in [-0.25, -0.2) is 0 Å². The number of nitrogens with two attached hydrogens (primary N) is 1. The SMILES string of the molecule is CC(N)C1CCCCN1C(=O)CNC(=O)COc1ccccc1. The fraction of sp³-hybridized carbons (Fsp3) is 0.529. The molecular formula is C17H25N3O3. The van der Waals surface area contributed by atoms with E-state index >= 15 is 0 Å². The molecular weight excluding hydrogens is 294 g/mol. The van der Waals surface area contributed by atoms with Gasteiger partial charge in [0, 0.05) is 18.6 Å². The van der Waals surface area contributed by atoms with Gasteiger partial charge in [0.25, 0.3) is 5.91 Å². The van der Waals surface area contributed by atoms with Gasteiger partial charge < -0.3 is 20.7 Å². The zero-order valence-electron chi connectivity index (χ0n) is 13.5. The zero-order chi connectivity index (χ0) is 16.7. The van der Waals surface area contributed by atoms with Crippen LogP contribution >= 0.6 is 0 Å². The first kappa shape index (κ1) is 17.3. The Morgan fingerprint density at radius 3 is 2.78 bits per heavy atom. The second-order valence-electron chi connectivity index (χ2n) is 5.89. The van der Waals surface area contributed by atoms with Crippen LogP contribution in [0.5, 0.6) is 5.75 Å². The Balaban J connectivity index is 1.75. The maximum Gasteiger partial charge on any atom is 0.258 e. The van der Waals surface area contributed by atoms with E-state index in [1.165, 1.54) is 0 Å². The summed E-state index contributed by atoms with van der Waals surface area (Å²) < 4.78 is 5.35. The summed E-state index contributed by atoms with van der Waals surface area (Å²) >= 11 is 0. The number of hydrogen-bond acceptors (Lipinski definition) is 4. The van der Waals surface area contributed by atoms with Gasteiger partial charge in [-0.15, -0.1) is 0 Å². The van der Waals surface area contributed by atoms with Gasteiger partial charge in [-0.1, -0.05) is 18.2 Å². The Labute approximate surface area is 137 Å². The summed E-state index contributed by atoms with van der Waals surface area (Å²) in [6.45, 7) is 2.51. The van der Waals surface area contributed by atoms with Crippen LogP contribution in [0.25, 0.3) is 0 Å². The number of carbonyl (C=O) groups is 2. The monoisotopic (exact) mass is 319 g/mol. The smallest absolute Gasteiger partial charge is 0.258 e. The highest BCUT2D eigenvalue weighted by Gasteiger charge is 2.29. The average molecular weight is 319 g/mol. The molecule has 0 spiro atoms. The molecule has 1 heterocycles. The molecule has 23 heavy (non-hydrogen) atoms. The first-order valence-electron chi connectivity index (χ1n) is 8.07. The molecule has 0 saturated carbocycles. The van der Waals surface area contributed by atoms with Crippen molar-refractivity contribution in [1.29, 1.82) is 0 Å². The van der Waals surface area contributed by atoms with Crippen molar-refractivity contribution in [2.75, 3.05) is 19.7 Å². The lowest BCUT2D eigenvalue weighted by atomic mass is 9.97. The van der Waals surface area contributed by atoms with Gasteiger partial charge in [0.2, 0.25) is 5.91 Å². The molecule has 1 saturated heterocycles. The van der Waals surface area contributed by atoms with Crippen molar-refractivity contribution in [2.24, 2.45) is 5.73 Å². The fourth-order valence-corrected chi connectivity index (χ4v) is 2.81. The molecule has 0 aromatic heterocycles. The van der Waals surface area contributed by atoms with Crippen LogP contribution in [0, 0.1) is 0 Å². The molecule has 0 bridgehead atoms. The van der Waals surface area contributed by atoms with Crippen molar-refractivity contribution in [3.63, 3.8) is 0 Å². The van der Waals surface area contributed by atoms with Gasteiger partial charge >= 0.3 is 0 Å². The normalized spacial score (nSPS) is 19.0. The second-order valence-corrected chi connectivity index (χ2v) is 5.89. The highest BCUT2D eigenvalue weighted by atomic mass is 16.5. The van der Waals surface area contributed by atoms with Gasteiger partial charge in [-0.2, -0.15) is 0 Å². The van der Waals surface area contributed by atoms with Crippen LogP contribution in [0.15, 0.2) is 30.3 Å². The molecule has 126 valence electrons. The number of para-hydroxylation sites is 1. The number of carbonyl (C=O) groups excluding carboxylic acids is 2. The summed E-state index contributed by atoms with van der Waals surface area (Å²) in [5.41, 5.74) is 5.96. The minimum Gasteiger partial charge on any atom is -0.484 e. The Hall–Kier alpha value is -2.08. The summed E-state index contributed by atoms with van der Waals surface area (Å²) in [6.07, 6.45) is 3.00. The van der Waals surface area contributed by atoms with E-state index in [2.05, 4.69) is 5.32 Å². The summed E-state index contributed by atoms with van der Waals surface area (Å²) in [4.78, 5) is 25.9. The van der Waals surface area contributed by atoms with Crippen molar-refractivity contribution in [1.82, 2.24) is 10.2 Å². The van der Waals surface area contributed by atoms with Crippen molar-refractivity contribution >= 4 is 11.8 Å². The van der Waals surface area contributed by atoms with E-state index in [1.807, 2.05) is 25.1 Å². The molecule has 2 unspecified atom stereocenters. The number of amides is 2. The summed E-state index contributed by atoms with van der Waals surface area (Å²) in [5.74, 6) is 0.235. The van der Waals surface area contributed by atoms with Gasteiger partial charge in [-0.3, -0.25) is 9.59 Å². The number of nitrogens with one attached hydrogen (secondary N) is 1. The number of ether oxygens (including phenoxy) is 1. The molecule has 0 aliphatic carbocycles. The highest BCUT2D eigenvalue weighted by Crippen LogP contribution is 2.18. The molecule has 1 aliphatic heterocycles. The molecule has 6 heteroatoms. The summed E-state index contributed by atoms with van der Waals surface area (Å²) in [5, 5.41) is 2.61. The van der Waals surface area contributed by atoms with Gasteiger partial charge in [-0.05, 0) is 38.3 Å². The number of benzene rings is 1. The summed E-state index contributed by atoms with van der Waals surface area (Å²) in [7, 11) is 0. The van der Waals surface area contributed by atoms with E-state index < -0.39 is 0 Å². The zero-order valence-corrected chi connectivity index (χ0v) is 13.5. The van der Waals surface area contributed by atoms with Crippen LogP contribution in [0.2, 0.25) is 0 Å². The topological polar surface area (TPSA) is 84.7 Å². The molecule has 1 aliphatic rings. The largest absolute Gasteiger partial charge is 0.484 e. The van der Waals surface area contributed by atoms with Crippen molar-refractivity contribution in [3.8, 4) is 5.75 Å². The van der Waals surface area contributed by atoms with E-state index in [1.54, 1.807) is 17.0 Å². The van der Waals surface area contributed by atoms with Crippen LogP contribution in [0.3, 0.4) is 0 Å². The molecule has 6 nitrogen and oxygen atoms in total. The Kier molecular flexibility index (Phi) is 6.40. The van der Waals surface area contributed by atoms with Gasteiger partial charge in [0.1, 0.15) is 5.75 Å². The first-order chi connectivity index (χ1) is 11.1. The lowest BCUT2D eigenvalue weighted by Crippen LogP contribution is -2.54. The second kappa shape index (κ2) is 8.53. The highest BCUT2D eigenvalue weighted by molar-refractivity contribution is 5.85. The van der Waals surface area contributed by atoms with Crippen LogP contribution in [-0.4, -0.2) is 48.5 Å². The van der Waals surface area contributed by atoms with E-state index in [0.717, 1.165) is 19.3 Å². The quantitative estimate of drug-likeness (QED) is 0.816. The van der Waals surface area contributed by atoms with E-state index in [-0.39, 0.29) is 37.0 Å². The molecule has 0 radical (unpaired) electrons. The molecule has 1 aromatic rings. The van der Waals surface area contributed by atoms with Crippen LogP contribution in [0.1, 0.15) is 26.2 Å². The lowest BCUT2D eigenvalue weighted by molar-refractivity contribution is -0.136. The third kappa shape index (κ3) is 5.25. The maximum atomic E-state index is 12.3. The third-order valence-corrected chi connectivity index (χ3v) is 4.03. The Morgan fingerprint density at radius 2 is 2.09 bits per heavy atom. The van der Waals surface area contributed by atoms with Gasteiger partial charge in [0.15, 0.2) is 6.61 Å². The maximum absolute atomic E-state index is 12.3. The summed E-state index contributed by atoms with van der Waals surface area (Å²) in [6, 6.07) is 9.10. The predicted octanol–water partition coefficient (Wildman–Crippen LogP) is 0.910. The minimum atomic E-state index is -0.309. The van der Waals surface area contributed by atoms with Crippen molar-refractivity contribution < 1.29 is 14.3 Å². The van der Waals surface area contributed by atoms with Crippen LogP contribution in [0.4, 0.5) is 0 Å². The third-order valence-electron chi connectivity index (χ3n) is 4.03. The number of nitrogens with zero attached hydrogens (tertiary/aromatic N) is 1. The van der Waals surface area contributed by atoms with E-state index in [9.17, 15) is 9.59 Å². The first-order valence-corrected chi connectivity index (χ1v) is 8.07. The number of rotatable bonds is 6. The Bertz CT molecular complexity index is 519. The standard InChI is InChI=1S/C17H25N3O3/c1-13(18)15-9-5-6-10-20(15)17(22)11-19-16(21)12-23-14-7-3-2-4-8-14/h2-4,7-8,13,15H,5-6,9-12,18H2,1H3,(H,19,21). The molecule has 2 rings (SSSR count). The lowest BCUT2D eigenvalue weighted by Gasteiger charge is -2.38. The van der Waals surface area contributed by atoms with E-state index in [0.29, 0.717) is 12.3 Å². The predicted molar refractivity (Wildman–Crippen MR) is 87.9 cm³/mol. The van der Waals surface area contributed by atoms with Crippen molar-refractivity contribution in [2.45, 2.75) is 38.3 Å². The number of hydrogen-bond donors (Lipinski definition) is 2. The molecule has 1 aromatic carbocycles. The fourth-order valence-electron chi connectivity index (χ4n) is 2.81. The molecule has 2 amide bonds. The molecule has 3 N–H and O–H groups in total. The molecule has 1 fully saturated rings. The van der Waals surface area contributed by atoms with Gasteiger partial charge in [0.05, 0.1) is 6.54 Å². The van der Waals surface area contributed by atoms with Crippen LogP contribution < -0.4 is 15.8 Å². The minimum absolute atomic E-state index is 0.0137. The molecule has 2 atom stereocenters. The Morgan fingerprint density at radius 1 is 1.35 bits per heavy atom. The van der Waals surface area contributed by atoms with Crippen LogP contribution in [-0.2, 0) is 9.59 Å². The number of likely N-dealkylation sites (tertiary alicyclic amines) is 1.